The Morgan fingerprint density at radius 3 is 2.78 bits per heavy atom. The minimum atomic E-state index is -3.96. The van der Waals surface area contributed by atoms with E-state index in [0.717, 1.165) is 0 Å². The number of nitrogens with zero attached hydrogens (tertiary/aromatic N) is 4. The molecule has 0 fully saturated rings. The van der Waals surface area contributed by atoms with Crippen molar-refractivity contribution in [2.45, 2.75) is 4.90 Å². The van der Waals surface area contributed by atoms with E-state index in [1.807, 2.05) is 0 Å². The summed E-state index contributed by atoms with van der Waals surface area (Å²) in [6.07, 6.45) is 4.04. The van der Waals surface area contributed by atoms with E-state index in [2.05, 4.69) is 19.7 Å². The Bertz CT molecular complexity index is 914. The van der Waals surface area contributed by atoms with E-state index >= 15 is 0 Å². The number of halogens is 1. The molecule has 8 nitrogen and oxygen atoms in total. The number of hydrogen-bond acceptors (Lipinski definition) is 6. The van der Waals surface area contributed by atoms with Crippen LogP contribution in [0.15, 0.2) is 46.1 Å². The number of aromatic nitrogens is 2. The molecule has 23 heavy (non-hydrogen) atoms. The molecule has 0 radical (unpaired) electrons. The van der Waals surface area contributed by atoms with Crippen molar-refractivity contribution >= 4 is 39.2 Å². The molecule has 0 saturated carbocycles. The number of rotatable bonds is 1. The van der Waals surface area contributed by atoms with Crippen LogP contribution < -0.4 is 10.2 Å². The fourth-order valence-electron chi connectivity index (χ4n) is 2.00. The van der Waals surface area contributed by atoms with Crippen LogP contribution in [0, 0.1) is 0 Å². The summed E-state index contributed by atoms with van der Waals surface area (Å²) in [4.78, 5) is 21.1. The van der Waals surface area contributed by atoms with Crippen molar-refractivity contribution in [3.63, 3.8) is 0 Å². The smallest absolute Gasteiger partial charge is 0.287 e. The van der Waals surface area contributed by atoms with Crippen LogP contribution in [0.5, 0.6) is 0 Å². The summed E-state index contributed by atoms with van der Waals surface area (Å²) in [7, 11) is -2.38. The summed E-state index contributed by atoms with van der Waals surface area (Å²) in [5.74, 6) is -0.744. The maximum absolute atomic E-state index is 12.2. The van der Waals surface area contributed by atoms with Gasteiger partial charge in [-0.15, -0.1) is 4.40 Å². The predicted molar refractivity (Wildman–Crippen MR) is 84.0 cm³/mol. The third kappa shape index (κ3) is 2.88. The lowest BCUT2D eigenvalue weighted by molar-refractivity contribution is 0.0971. The van der Waals surface area contributed by atoms with Gasteiger partial charge >= 0.3 is 0 Å². The van der Waals surface area contributed by atoms with Gasteiger partial charge in [-0.3, -0.25) is 15.1 Å². The van der Waals surface area contributed by atoms with Crippen molar-refractivity contribution in [2.75, 3.05) is 11.9 Å². The second-order valence-electron chi connectivity index (χ2n) is 4.61. The number of sulfonamides is 1. The number of nitrogens with one attached hydrogen (secondary N) is 1. The van der Waals surface area contributed by atoms with Crippen LogP contribution in [0.3, 0.4) is 0 Å². The molecule has 10 heteroatoms. The van der Waals surface area contributed by atoms with E-state index in [4.69, 9.17) is 11.6 Å². The molecule has 0 saturated heterocycles. The second-order valence-corrected chi connectivity index (χ2v) is 6.61. The predicted octanol–water partition coefficient (Wildman–Crippen LogP) is 1.05. The molecule has 0 atom stereocenters. The highest BCUT2D eigenvalue weighted by Crippen LogP contribution is 2.32. The molecule has 0 aliphatic carbocycles. The highest BCUT2D eigenvalue weighted by molar-refractivity contribution is 7.90. The third-order valence-electron chi connectivity index (χ3n) is 3.11. The Balaban J connectivity index is 1.98. The summed E-state index contributed by atoms with van der Waals surface area (Å²) in [6.45, 7) is 0. The lowest BCUT2D eigenvalue weighted by Gasteiger charge is -2.27. The van der Waals surface area contributed by atoms with Gasteiger partial charge in [-0.25, -0.2) is 4.98 Å². The lowest BCUT2D eigenvalue weighted by Crippen LogP contribution is -2.45. The summed E-state index contributed by atoms with van der Waals surface area (Å²) < 4.78 is 28.1. The zero-order valence-corrected chi connectivity index (χ0v) is 13.3. The quantitative estimate of drug-likeness (QED) is 0.823. The van der Waals surface area contributed by atoms with Gasteiger partial charge in [0.05, 0.1) is 11.9 Å². The summed E-state index contributed by atoms with van der Waals surface area (Å²) >= 11 is 5.84. The molecule has 0 unspecified atom stereocenters. The molecule has 2 heterocycles. The van der Waals surface area contributed by atoms with Crippen LogP contribution in [0.25, 0.3) is 0 Å². The number of hydrogen-bond donors (Lipinski definition) is 1. The molecule has 1 amide bonds. The molecule has 1 N–H and O–H groups in total. The van der Waals surface area contributed by atoms with Crippen LogP contribution in [0.4, 0.5) is 5.69 Å². The number of amides is 1. The van der Waals surface area contributed by atoms with Gasteiger partial charge in [0.25, 0.3) is 15.9 Å². The molecule has 118 valence electrons. The van der Waals surface area contributed by atoms with Gasteiger partial charge in [0, 0.05) is 24.5 Å². The van der Waals surface area contributed by atoms with Crippen LogP contribution in [0.1, 0.15) is 10.5 Å². The molecule has 3 rings (SSSR count). The van der Waals surface area contributed by atoms with Crippen LogP contribution in [-0.2, 0) is 10.0 Å². The van der Waals surface area contributed by atoms with Gasteiger partial charge < -0.3 is 4.90 Å². The largest absolute Gasteiger partial charge is 0.313 e. The third-order valence-corrected chi connectivity index (χ3v) is 4.64. The molecule has 1 aromatic heterocycles. The second kappa shape index (κ2) is 5.60. The monoisotopic (exact) mass is 351 g/mol. The van der Waals surface area contributed by atoms with E-state index in [1.54, 1.807) is 19.2 Å². The first-order valence-corrected chi connectivity index (χ1v) is 8.16. The average Bonchev–Trinajstić information content (AvgIpc) is 2.53. The van der Waals surface area contributed by atoms with E-state index in [1.165, 1.54) is 29.6 Å². The number of anilines is 1. The molecular formula is C13H10ClN5O3S. The standard InChI is InChI=1S/C13H10ClN5O3S/c1-19-10-3-2-8(14)6-11(10)23(21,22)18-13(19)17-12(20)9-7-15-4-5-16-9/h2-7H,1H3,(H,17,18,20). The zero-order chi connectivity index (χ0) is 16.6. The average molecular weight is 352 g/mol. The van der Waals surface area contributed by atoms with E-state index in [-0.39, 0.29) is 21.6 Å². The van der Waals surface area contributed by atoms with Crippen molar-refractivity contribution in [2.24, 2.45) is 4.40 Å². The topological polar surface area (TPSA) is 105 Å². The fourth-order valence-corrected chi connectivity index (χ4v) is 3.47. The highest BCUT2D eigenvalue weighted by atomic mass is 35.5. The lowest BCUT2D eigenvalue weighted by atomic mass is 10.3. The van der Waals surface area contributed by atoms with Crippen LogP contribution in [-0.4, -0.2) is 37.3 Å². The molecule has 0 spiro atoms. The Labute approximate surface area is 136 Å². The van der Waals surface area contributed by atoms with Gasteiger partial charge in [0.2, 0.25) is 5.96 Å². The fraction of sp³-hybridized carbons (Fsp3) is 0.0769. The first kappa shape index (κ1) is 15.4. The maximum Gasteiger partial charge on any atom is 0.287 e. The number of fused-ring (bicyclic) bond motifs is 1. The number of carbonyl (C=O) groups excluding carboxylic acids is 1. The van der Waals surface area contributed by atoms with Crippen LogP contribution >= 0.6 is 11.6 Å². The maximum atomic E-state index is 12.2. The SMILES string of the molecule is CN1C(NC(=O)c2cnccn2)=NS(=O)(=O)c2cc(Cl)ccc21. The first-order valence-electron chi connectivity index (χ1n) is 6.34. The minimum Gasteiger partial charge on any atom is -0.313 e. The van der Waals surface area contributed by atoms with Gasteiger partial charge in [0.15, 0.2) is 0 Å². The van der Waals surface area contributed by atoms with Crippen molar-refractivity contribution in [1.82, 2.24) is 15.3 Å². The number of benzene rings is 1. The Kier molecular flexibility index (Phi) is 3.74. The van der Waals surface area contributed by atoms with Gasteiger partial charge in [-0.2, -0.15) is 8.42 Å². The van der Waals surface area contributed by atoms with Crippen molar-refractivity contribution in [1.29, 1.82) is 0 Å². The molecule has 2 aromatic rings. The van der Waals surface area contributed by atoms with Crippen molar-refractivity contribution in [3.05, 3.63) is 47.5 Å². The zero-order valence-electron chi connectivity index (χ0n) is 11.8. The van der Waals surface area contributed by atoms with E-state index in [9.17, 15) is 13.2 Å². The van der Waals surface area contributed by atoms with E-state index in [0.29, 0.717) is 5.69 Å². The summed E-state index contributed by atoms with van der Waals surface area (Å²) in [5.41, 5.74) is 0.404. The Morgan fingerprint density at radius 1 is 1.30 bits per heavy atom. The van der Waals surface area contributed by atoms with Gasteiger partial charge in [0.1, 0.15) is 10.6 Å². The summed E-state index contributed by atoms with van der Waals surface area (Å²) in [5, 5.41) is 2.70. The number of carbonyl (C=O) groups is 1. The Morgan fingerprint density at radius 2 is 2.09 bits per heavy atom. The molecule has 0 bridgehead atoms. The van der Waals surface area contributed by atoms with Crippen molar-refractivity contribution in [3.8, 4) is 0 Å². The van der Waals surface area contributed by atoms with Crippen molar-refractivity contribution < 1.29 is 13.2 Å². The normalized spacial score (nSPS) is 15.6. The molecule has 1 aliphatic heterocycles. The van der Waals surface area contributed by atoms with Gasteiger partial charge in [-0.1, -0.05) is 11.6 Å². The molecule has 1 aliphatic rings. The number of guanidine groups is 1. The van der Waals surface area contributed by atoms with Crippen LogP contribution in [0.2, 0.25) is 5.02 Å². The molecular weight excluding hydrogens is 342 g/mol. The minimum absolute atomic E-state index is 0.0231. The molecule has 1 aromatic carbocycles. The van der Waals surface area contributed by atoms with E-state index < -0.39 is 15.9 Å². The Hall–Kier alpha value is -2.52. The highest BCUT2D eigenvalue weighted by Gasteiger charge is 2.30. The summed E-state index contributed by atoms with van der Waals surface area (Å²) in [6, 6.07) is 4.41. The van der Waals surface area contributed by atoms with Gasteiger partial charge in [-0.05, 0) is 18.2 Å². The first-order chi connectivity index (χ1) is 10.9.